The summed E-state index contributed by atoms with van der Waals surface area (Å²) in [5.41, 5.74) is 6.75. The number of rotatable bonds is 6. The van der Waals surface area contributed by atoms with Crippen molar-refractivity contribution in [3.63, 3.8) is 0 Å². The van der Waals surface area contributed by atoms with E-state index < -0.39 is 0 Å². The molecule has 3 nitrogen and oxygen atoms in total. The third-order valence-electron chi connectivity index (χ3n) is 4.70. The van der Waals surface area contributed by atoms with Gasteiger partial charge in [-0.15, -0.1) is 0 Å². The Bertz CT molecular complexity index is 880. The van der Waals surface area contributed by atoms with Crippen LogP contribution in [0, 0.1) is 6.92 Å². The minimum atomic E-state index is -0.180. The van der Waals surface area contributed by atoms with E-state index >= 15 is 0 Å². The zero-order chi connectivity index (χ0) is 18.5. The van der Waals surface area contributed by atoms with Gasteiger partial charge < -0.3 is 9.30 Å². The maximum absolute atomic E-state index is 12.3. The maximum Gasteiger partial charge on any atom is 0.310 e. The Morgan fingerprint density at radius 3 is 2.04 bits per heavy atom. The molecular formula is C23H25NO2. The Morgan fingerprint density at radius 1 is 0.923 bits per heavy atom. The first-order valence-corrected chi connectivity index (χ1v) is 9.15. The van der Waals surface area contributed by atoms with Crippen LogP contribution in [0.4, 0.5) is 0 Å². The minimum absolute atomic E-state index is 0.180. The lowest BCUT2D eigenvalue weighted by Crippen LogP contribution is -2.09. The highest BCUT2D eigenvalue weighted by atomic mass is 16.5. The summed E-state index contributed by atoms with van der Waals surface area (Å²) in [4.78, 5) is 12.3. The van der Waals surface area contributed by atoms with Crippen molar-refractivity contribution < 1.29 is 9.53 Å². The lowest BCUT2D eigenvalue weighted by Gasteiger charge is -2.12. The van der Waals surface area contributed by atoms with E-state index in [2.05, 4.69) is 54.8 Å². The molecule has 1 aromatic heterocycles. The van der Waals surface area contributed by atoms with Crippen LogP contribution in [0.5, 0.6) is 0 Å². The first-order chi connectivity index (χ1) is 12.7. The summed E-state index contributed by atoms with van der Waals surface area (Å²) in [7, 11) is 0. The van der Waals surface area contributed by atoms with Crippen LogP contribution in [0.3, 0.4) is 0 Å². The van der Waals surface area contributed by atoms with Gasteiger partial charge >= 0.3 is 5.97 Å². The van der Waals surface area contributed by atoms with Crippen LogP contribution < -0.4 is 0 Å². The number of hydrogen-bond donors (Lipinski definition) is 0. The number of esters is 1. The molecule has 3 heteroatoms. The largest absolute Gasteiger partial charge is 0.466 e. The van der Waals surface area contributed by atoms with E-state index in [9.17, 15) is 4.79 Å². The lowest BCUT2D eigenvalue weighted by molar-refractivity contribution is -0.142. The molecule has 0 aliphatic heterocycles. The van der Waals surface area contributed by atoms with Crippen molar-refractivity contribution in [2.24, 2.45) is 0 Å². The standard InChI is InChI=1S/C23H25NO2/c1-4-24-17(3)20(16-21(25)26-5-2)22(18-12-8-6-9-13-18)23(24)19-14-10-7-11-15-19/h6-15H,4-5,16H2,1-3H3. The van der Waals surface area contributed by atoms with E-state index in [0.717, 1.165) is 40.2 Å². The lowest BCUT2D eigenvalue weighted by atomic mass is 9.95. The van der Waals surface area contributed by atoms with Crippen molar-refractivity contribution in [2.75, 3.05) is 6.61 Å². The van der Waals surface area contributed by atoms with E-state index in [-0.39, 0.29) is 12.4 Å². The fourth-order valence-electron chi connectivity index (χ4n) is 3.57. The Hall–Kier alpha value is -2.81. The highest BCUT2D eigenvalue weighted by Crippen LogP contribution is 2.39. The van der Waals surface area contributed by atoms with Crippen LogP contribution in [-0.4, -0.2) is 17.1 Å². The molecule has 0 saturated heterocycles. The molecule has 0 N–H and O–H groups in total. The second-order valence-corrected chi connectivity index (χ2v) is 6.25. The molecule has 0 unspecified atom stereocenters. The fraction of sp³-hybridized carbons (Fsp3) is 0.261. The van der Waals surface area contributed by atoms with Gasteiger partial charge in [-0.05, 0) is 37.5 Å². The predicted molar refractivity (Wildman–Crippen MR) is 106 cm³/mol. The summed E-state index contributed by atoms with van der Waals surface area (Å²) in [6.07, 6.45) is 0.288. The second kappa shape index (κ2) is 8.05. The first-order valence-electron chi connectivity index (χ1n) is 9.15. The van der Waals surface area contributed by atoms with Crippen LogP contribution in [0.15, 0.2) is 60.7 Å². The van der Waals surface area contributed by atoms with Crippen molar-refractivity contribution in [1.82, 2.24) is 4.57 Å². The number of carbonyl (C=O) groups is 1. The summed E-state index contributed by atoms with van der Waals surface area (Å²) in [5.74, 6) is -0.180. The van der Waals surface area contributed by atoms with Crippen molar-refractivity contribution in [1.29, 1.82) is 0 Å². The first kappa shape index (κ1) is 18.0. The number of aromatic nitrogens is 1. The number of carbonyl (C=O) groups excluding carboxylic acids is 1. The number of hydrogen-bond acceptors (Lipinski definition) is 2. The minimum Gasteiger partial charge on any atom is -0.466 e. The summed E-state index contributed by atoms with van der Waals surface area (Å²) in [5, 5.41) is 0. The van der Waals surface area contributed by atoms with E-state index in [4.69, 9.17) is 4.74 Å². The zero-order valence-electron chi connectivity index (χ0n) is 15.7. The Kier molecular flexibility index (Phi) is 5.57. The normalized spacial score (nSPS) is 10.7. The van der Waals surface area contributed by atoms with Crippen LogP contribution in [0.25, 0.3) is 22.4 Å². The highest BCUT2D eigenvalue weighted by molar-refractivity contribution is 5.88. The van der Waals surface area contributed by atoms with Crippen LogP contribution >= 0.6 is 0 Å². The molecule has 26 heavy (non-hydrogen) atoms. The molecule has 0 amide bonds. The number of nitrogens with zero attached hydrogens (tertiary/aromatic N) is 1. The molecule has 0 aliphatic rings. The number of ether oxygens (including phenoxy) is 1. The third kappa shape index (κ3) is 3.43. The maximum atomic E-state index is 12.3. The van der Waals surface area contributed by atoms with E-state index in [0.29, 0.717) is 6.61 Å². The van der Waals surface area contributed by atoms with E-state index in [1.54, 1.807) is 0 Å². The van der Waals surface area contributed by atoms with E-state index in [1.807, 2.05) is 31.2 Å². The molecule has 1 heterocycles. The van der Waals surface area contributed by atoms with E-state index in [1.165, 1.54) is 0 Å². The predicted octanol–water partition coefficient (Wildman–Crippen LogP) is 5.26. The van der Waals surface area contributed by atoms with Crippen molar-refractivity contribution >= 4 is 5.97 Å². The SMILES string of the molecule is CCOC(=O)Cc1c(-c2ccccc2)c(-c2ccccc2)n(CC)c1C. The van der Waals surface area contributed by atoms with Gasteiger partial charge in [-0.1, -0.05) is 60.7 Å². The Balaban J connectivity index is 2.27. The fourth-order valence-corrected chi connectivity index (χ4v) is 3.57. The second-order valence-electron chi connectivity index (χ2n) is 6.25. The van der Waals surface area contributed by atoms with Gasteiger partial charge in [-0.25, -0.2) is 0 Å². The average molecular weight is 347 g/mol. The van der Waals surface area contributed by atoms with Gasteiger partial charge in [0.15, 0.2) is 0 Å². The zero-order valence-corrected chi connectivity index (χ0v) is 15.7. The summed E-state index contributed by atoms with van der Waals surface area (Å²) < 4.78 is 7.53. The summed E-state index contributed by atoms with van der Waals surface area (Å²) in [6, 6.07) is 20.7. The van der Waals surface area contributed by atoms with Gasteiger partial charge in [0.1, 0.15) is 0 Å². The van der Waals surface area contributed by atoms with Crippen molar-refractivity contribution in [3.8, 4) is 22.4 Å². The summed E-state index contributed by atoms with van der Waals surface area (Å²) >= 11 is 0. The molecule has 0 radical (unpaired) electrons. The van der Waals surface area contributed by atoms with Gasteiger partial charge in [-0.3, -0.25) is 4.79 Å². The van der Waals surface area contributed by atoms with Crippen LogP contribution in [0.1, 0.15) is 25.1 Å². The highest BCUT2D eigenvalue weighted by Gasteiger charge is 2.23. The molecule has 134 valence electrons. The third-order valence-corrected chi connectivity index (χ3v) is 4.70. The average Bonchev–Trinajstić information content (AvgIpc) is 2.95. The van der Waals surface area contributed by atoms with Gasteiger partial charge in [0.05, 0.1) is 18.7 Å². The smallest absolute Gasteiger partial charge is 0.310 e. The molecule has 3 rings (SSSR count). The molecule has 0 saturated carbocycles. The molecule has 0 fully saturated rings. The van der Waals surface area contributed by atoms with Crippen LogP contribution in [0.2, 0.25) is 0 Å². The molecule has 0 aliphatic carbocycles. The molecule has 0 atom stereocenters. The van der Waals surface area contributed by atoms with Crippen molar-refractivity contribution in [3.05, 3.63) is 71.9 Å². The molecule has 0 bridgehead atoms. The Morgan fingerprint density at radius 2 is 1.50 bits per heavy atom. The van der Waals surface area contributed by atoms with Gasteiger partial charge in [0.25, 0.3) is 0 Å². The quantitative estimate of drug-likeness (QED) is 0.570. The summed E-state index contributed by atoms with van der Waals surface area (Å²) in [6.45, 7) is 7.33. The molecule has 2 aromatic carbocycles. The van der Waals surface area contributed by atoms with Gasteiger partial charge in [-0.2, -0.15) is 0 Å². The Labute approximate surface area is 155 Å². The number of benzene rings is 2. The molecule has 0 spiro atoms. The van der Waals surface area contributed by atoms with Gasteiger partial charge in [0, 0.05) is 17.8 Å². The monoisotopic (exact) mass is 347 g/mol. The van der Waals surface area contributed by atoms with Crippen molar-refractivity contribution in [2.45, 2.75) is 33.7 Å². The van der Waals surface area contributed by atoms with Gasteiger partial charge in [0.2, 0.25) is 0 Å². The molecular weight excluding hydrogens is 322 g/mol. The molecule has 3 aromatic rings. The topological polar surface area (TPSA) is 31.2 Å². The van der Waals surface area contributed by atoms with Crippen LogP contribution in [-0.2, 0) is 22.5 Å².